The van der Waals surface area contributed by atoms with Crippen LogP contribution in [0.5, 0.6) is 0 Å². The number of aryl methyl sites for hydroxylation is 1. The molecule has 0 atom stereocenters. The largest absolute Gasteiger partial charge is 0.347 e. The minimum absolute atomic E-state index is 0.177. The maximum atomic E-state index is 11.5. The Labute approximate surface area is 89.5 Å². The summed E-state index contributed by atoms with van der Waals surface area (Å²) in [5, 5.41) is 3.86. The minimum Gasteiger partial charge on any atom is -0.266 e. The molecule has 0 saturated carbocycles. The van der Waals surface area contributed by atoms with Gasteiger partial charge < -0.3 is 0 Å². The van der Waals surface area contributed by atoms with Crippen molar-refractivity contribution in [2.45, 2.75) is 26.3 Å². The van der Waals surface area contributed by atoms with Gasteiger partial charge in [-0.05, 0) is 22.4 Å². The molecule has 1 heterocycles. The molecule has 1 aromatic rings. The molecule has 0 bridgehead atoms. The van der Waals surface area contributed by atoms with Crippen LogP contribution in [0.4, 0.5) is 0 Å². The van der Waals surface area contributed by atoms with Crippen molar-refractivity contribution < 1.29 is 0 Å². The third kappa shape index (κ3) is 2.12. The Morgan fingerprint density at radius 3 is 2.64 bits per heavy atom. The zero-order valence-electron chi connectivity index (χ0n) is 8.16. The van der Waals surface area contributed by atoms with E-state index in [0.29, 0.717) is 6.54 Å². The van der Waals surface area contributed by atoms with Gasteiger partial charge in [0.25, 0.3) is 5.56 Å². The second-order valence-corrected chi connectivity index (χ2v) is 3.77. The average Bonchev–Trinajstić information content (AvgIpc) is 2.18. The van der Waals surface area contributed by atoms with Crippen LogP contribution in [0, 0.1) is 0 Å². The molecule has 1 aromatic heterocycles. The van der Waals surface area contributed by atoms with Crippen LogP contribution in [0.1, 0.15) is 19.8 Å². The van der Waals surface area contributed by atoms with Gasteiger partial charge in [-0.3, -0.25) is 9.36 Å². The van der Waals surface area contributed by atoms with Gasteiger partial charge in [0, 0.05) is 13.6 Å². The van der Waals surface area contributed by atoms with Crippen LogP contribution in [-0.2, 0) is 13.6 Å². The first-order valence-corrected chi connectivity index (χ1v) is 5.21. The molecule has 5 nitrogen and oxygen atoms in total. The van der Waals surface area contributed by atoms with E-state index in [4.69, 9.17) is 0 Å². The van der Waals surface area contributed by atoms with Crippen molar-refractivity contribution in [3.05, 3.63) is 25.4 Å². The first-order chi connectivity index (χ1) is 6.57. The summed E-state index contributed by atoms with van der Waals surface area (Å²) in [5.41, 5.74) is -0.769. The quantitative estimate of drug-likeness (QED) is 0.797. The Morgan fingerprint density at radius 1 is 1.43 bits per heavy atom. The highest BCUT2D eigenvalue weighted by Crippen LogP contribution is 1.95. The van der Waals surface area contributed by atoms with E-state index in [9.17, 15) is 9.59 Å². The van der Waals surface area contributed by atoms with E-state index in [1.165, 1.54) is 11.7 Å². The van der Waals surface area contributed by atoms with Gasteiger partial charge in [0.2, 0.25) is 0 Å². The van der Waals surface area contributed by atoms with E-state index >= 15 is 0 Å². The zero-order valence-corrected chi connectivity index (χ0v) is 9.74. The number of hydrogen-bond donors (Lipinski definition) is 0. The summed E-state index contributed by atoms with van der Waals surface area (Å²) in [6.45, 7) is 2.57. The molecule has 0 aromatic carbocycles. The third-order valence-electron chi connectivity index (χ3n) is 1.92. The smallest absolute Gasteiger partial charge is 0.266 e. The molecule has 0 aliphatic heterocycles. The van der Waals surface area contributed by atoms with Gasteiger partial charge in [0.1, 0.15) is 0 Å². The van der Waals surface area contributed by atoms with Crippen LogP contribution >= 0.6 is 15.9 Å². The Bertz CT molecular complexity index is 435. The van der Waals surface area contributed by atoms with Crippen LogP contribution in [0.3, 0.4) is 0 Å². The lowest BCUT2D eigenvalue weighted by Crippen LogP contribution is -2.40. The van der Waals surface area contributed by atoms with Crippen molar-refractivity contribution in [1.29, 1.82) is 0 Å². The van der Waals surface area contributed by atoms with E-state index < -0.39 is 5.56 Å². The molecule has 1 rings (SSSR count). The maximum absolute atomic E-state index is 11.5. The summed E-state index contributed by atoms with van der Waals surface area (Å²) < 4.78 is 2.53. The van der Waals surface area contributed by atoms with E-state index in [1.807, 2.05) is 6.92 Å². The Hall–Kier alpha value is -0.910. The fourth-order valence-corrected chi connectivity index (χ4v) is 1.50. The predicted molar refractivity (Wildman–Crippen MR) is 56.3 cm³/mol. The van der Waals surface area contributed by atoms with Gasteiger partial charge >= 0.3 is 5.69 Å². The van der Waals surface area contributed by atoms with Crippen LogP contribution in [0.2, 0.25) is 0 Å². The van der Waals surface area contributed by atoms with Crippen LogP contribution < -0.4 is 11.2 Å². The van der Waals surface area contributed by atoms with Crippen molar-refractivity contribution in [3.63, 3.8) is 0 Å². The standard InChI is InChI=1S/C8H12BrN3O2/c1-3-4-5-12-8(14)11(2)7(13)6(9)10-12/h3-5H2,1-2H3. The SMILES string of the molecule is CCCCn1nc(Br)c(=O)n(C)c1=O. The van der Waals surface area contributed by atoms with Gasteiger partial charge in [0.05, 0.1) is 0 Å². The number of nitrogens with zero attached hydrogens (tertiary/aromatic N) is 3. The molecule has 0 N–H and O–H groups in total. The highest BCUT2D eigenvalue weighted by molar-refractivity contribution is 9.10. The summed E-state index contributed by atoms with van der Waals surface area (Å²) in [6.07, 6.45) is 1.85. The van der Waals surface area contributed by atoms with E-state index in [1.54, 1.807) is 0 Å². The number of rotatable bonds is 3. The molecule has 0 spiro atoms. The number of hydrogen-bond acceptors (Lipinski definition) is 3. The first-order valence-electron chi connectivity index (χ1n) is 4.41. The maximum Gasteiger partial charge on any atom is 0.347 e. The second-order valence-electron chi connectivity index (χ2n) is 3.01. The van der Waals surface area contributed by atoms with Crippen LogP contribution in [0.15, 0.2) is 14.2 Å². The lowest BCUT2D eigenvalue weighted by Gasteiger charge is -2.05. The number of unbranched alkanes of at least 4 members (excludes halogenated alkanes) is 1. The normalized spacial score (nSPS) is 10.5. The van der Waals surface area contributed by atoms with Crippen molar-refractivity contribution in [2.75, 3.05) is 0 Å². The van der Waals surface area contributed by atoms with E-state index in [2.05, 4.69) is 21.0 Å². The van der Waals surface area contributed by atoms with Gasteiger partial charge in [-0.2, -0.15) is 5.10 Å². The average molecular weight is 262 g/mol. The van der Waals surface area contributed by atoms with Crippen molar-refractivity contribution in [1.82, 2.24) is 14.3 Å². The molecule has 0 radical (unpaired) electrons. The summed E-state index contributed by atoms with van der Waals surface area (Å²) in [7, 11) is 1.44. The third-order valence-corrected chi connectivity index (χ3v) is 2.42. The summed E-state index contributed by atoms with van der Waals surface area (Å²) >= 11 is 3.02. The summed E-state index contributed by atoms with van der Waals surface area (Å²) in [4.78, 5) is 22.7. The fraction of sp³-hybridized carbons (Fsp3) is 0.625. The fourth-order valence-electron chi connectivity index (χ4n) is 1.04. The minimum atomic E-state index is -0.400. The Kier molecular flexibility index (Phi) is 3.62. The van der Waals surface area contributed by atoms with Crippen molar-refractivity contribution >= 4 is 15.9 Å². The van der Waals surface area contributed by atoms with Crippen LogP contribution in [0.25, 0.3) is 0 Å². The highest BCUT2D eigenvalue weighted by Gasteiger charge is 2.06. The van der Waals surface area contributed by atoms with Crippen molar-refractivity contribution in [3.8, 4) is 0 Å². The molecule has 0 aliphatic carbocycles. The molecule has 6 heteroatoms. The Balaban J connectivity index is 3.20. The molecule has 0 amide bonds. The van der Waals surface area contributed by atoms with Gasteiger partial charge in [0.15, 0.2) is 4.60 Å². The summed E-state index contributed by atoms with van der Waals surface area (Å²) in [5.74, 6) is 0. The molecule has 0 saturated heterocycles. The van der Waals surface area contributed by atoms with Gasteiger partial charge in [-0.1, -0.05) is 13.3 Å². The highest BCUT2D eigenvalue weighted by atomic mass is 79.9. The zero-order chi connectivity index (χ0) is 10.7. The molecule has 0 aliphatic rings. The topological polar surface area (TPSA) is 56.9 Å². The molecule has 78 valence electrons. The molecule has 0 unspecified atom stereocenters. The van der Waals surface area contributed by atoms with Crippen LogP contribution in [-0.4, -0.2) is 14.3 Å². The van der Waals surface area contributed by atoms with Gasteiger partial charge in [-0.15, -0.1) is 0 Å². The second kappa shape index (κ2) is 4.54. The summed E-state index contributed by atoms with van der Waals surface area (Å²) in [6, 6.07) is 0. The van der Waals surface area contributed by atoms with E-state index in [0.717, 1.165) is 17.4 Å². The van der Waals surface area contributed by atoms with E-state index in [-0.39, 0.29) is 10.3 Å². The van der Waals surface area contributed by atoms with Gasteiger partial charge in [-0.25, -0.2) is 9.48 Å². The number of halogens is 1. The molecular formula is C8H12BrN3O2. The monoisotopic (exact) mass is 261 g/mol. The Morgan fingerprint density at radius 2 is 2.07 bits per heavy atom. The first kappa shape index (κ1) is 11.2. The number of aromatic nitrogens is 3. The molecular weight excluding hydrogens is 250 g/mol. The molecule has 14 heavy (non-hydrogen) atoms. The lowest BCUT2D eigenvalue weighted by atomic mass is 10.3. The molecule has 0 fully saturated rings. The predicted octanol–water partition coefficient (Wildman–Crippen LogP) is 0.505. The van der Waals surface area contributed by atoms with Crippen molar-refractivity contribution in [2.24, 2.45) is 7.05 Å². The lowest BCUT2D eigenvalue weighted by molar-refractivity contribution is 0.492.